The van der Waals surface area contributed by atoms with Gasteiger partial charge in [0.25, 0.3) is 0 Å². The normalized spacial score (nSPS) is 17.4. The molecule has 0 saturated heterocycles. The van der Waals surface area contributed by atoms with Gasteiger partial charge in [0.05, 0.1) is 0 Å². The molecule has 0 spiro atoms. The average molecular weight is 306 g/mol. The SMILES string of the molecule is Fc1ccc(Cl)cc1CCCC(Br)C1CC1. The summed E-state index contributed by atoms with van der Waals surface area (Å²) in [6.45, 7) is 0. The maximum Gasteiger partial charge on any atom is 0.126 e. The van der Waals surface area contributed by atoms with Crippen LogP contribution >= 0.6 is 27.5 Å². The Labute approximate surface area is 109 Å². The number of halogens is 3. The third-order valence-corrected chi connectivity index (χ3v) is 4.51. The molecule has 0 amide bonds. The predicted molar refractivity (Wildman–Crippen MR) is 69.8 cm³/mol. The monoisotopic (exact) mass is 304 g/mol. The lowest BCUT2D eigenvalue weighted by Crippen LogP contribution is -2.01. The first-order chi connectivity index (χ1) is 7.66. The van der Waals surface area contributed by atoms with E-state index in [1.165, 1.54) is 18.9 Å². The Morgan fingerprint density at radius 3 is 2.88 bits per heavy atom. The van der Waals surface area contributed by atoms with Gasteiger partial charge in [-0.15, -0.1) is 0 Å². The molecule has 88 valence electrons. The zero-order chi connectivity index (χ0) is 11.5. The second kappa shape index (κ2) is 5.50. The van der Waals surface area contributed by atoms with Crippen LogP contribution in [0, 0.1) is 11.7 Å². The van der Waals surface area contributed by atoms with E-state index in [0.717, 1.165) is 30.7 Å². The summed E-state index contributed by atoms with van der Waals surface area (Å²) in [5, 5.41) is 0.619. The van der Waals surface area contributed by atoms with E-state index >= 15 is 0 Å². The van der Waals surface area contributed by atoms with Gasteiger partial charge in [-0.2, -0.15) is 0 Å². The Kier molecular flexibility index (Phi) is 4.26. The summed E-state index contributed by atoms with van der Waals surface area (Å²) in [6, 6.07) is 4.78. The highest BCUT2D eigenvalue weighted by molar-refractivity contribution is 9.09. The molecular weight excluding hydrogens is 290 g/mol. The van der Waals surface area contributed by atoms with Gasteiger partial charge in [0, 0.05) is 9.85 Å². The van der Waals surface area contributed by atoms with Gasteiger partial charge in [0.15, 0.2) is 0 Å². The fraction of sp³-hybridized carbons (Fsp3) is 0.538. The molecule has 0 N–H and O–H groups in total. The van der Waals surface area contributed by atoms with E-state index in [2.05, 4.69) is 15.9 Å². The maximum atomic E-state index is 13.4. The molecular formula is C13H15BrClF. The molecule has 1 aliphatic carbocycles. The molecule has 1 aliphatic rings. The summed E-state index contributed by atoms with van der Waals surface area (Å²) in [7, 11) is 0. The van der Waals surface area contributed by atoms with Gasteiger partial charge in [-0.25, -0.2) is 4.39 Å². The van der Waals surface area contributed by atoms with Crippen LogP contribution in [0.1, 0.15) is 31.2 Å². The number of hydrogen-bond donors (Lipinski definition) is 0. The zero-order valence-corrected chi connectivity index (χ0v) is 11.4. The fourth-order valence-corrected chi connectivity index (χ4v) is 2.96. The molecule has 0 bridgehead atoms. The van der Waals surface area contributed by atoms with Crippen LogP contribution in [-0.2, 0) is 6.42 Å². The molecule has 2 rings (SSSR count). The van der Waals surface area contributed by atoms with Crippen LogP contribution in [0.25, 0.3) is 0 Å². The molecule has 1 fully saturated rings. The minimum atomic E-state index is -0.137. The summed E-state index contributed by atoms with van der Waals surface area (Å²) >= 11 is 9.53. The molecule has 1 unspecified atom stereocenters. The molecule has 1 aromatic rings. The van der Waals surface area contributed by atoms with Crippen molar-refractivity contribution in [3.05, 3.63) is 34.6 Å². The van der Waals surface area contributed by atoms with E-state index in [0.29, 0.717) is 9.85 Å². The first kappa shape index (κ1) is 12.4. The predicted octanol–water partition coefficient (Wildman–Crippen LogP) is 4.98. The van der Waals surface area contributed by atoms with E-state index in [1.807, 2.05) is 0 Å². The second-order valence-corrected chi connectivity index (χ2v) is 6.09. The van der Waals surface area contributed by atoms with Gasteiger partial charge in [-0.3, -0.25) is 0 Å². The van der Waals surface area contributed by atoms with E-state index in [9.17, 15) is 4.39 Å². The highest BCUT2D eigenvalue weighted by Gasteiger charge is 2.28. The largest absolute Gasteiger partial charge is 0.207 e. The second-order valence-electron chi connectivity index (χ2n) is 4.48. The van der Waals surface area contributed by atoms with Gasteiger partial charge in [0.1, 0.15) is 5.82 Å². The topological polar surface area (TPSA) is 0 Å². The summed E-state index contributed by atoms with van der Waals surface area (Å²) < 4.78 is 13.4. The van der Waals surface area contributed by atoms with Crippen LogP contribution in [0.4, 0.5) is 4.39 Å². The van der Waals surface area contributed by atoms with E-state index < -0.39 is 0 Å². The maximum absolute atomic E-state index is 13.4. The lowest BCUT2D eigenvalue weighted by Gasteiger charge is -2.08. The molecule has 0 aliphatic heterocycles. The number of benzene rings is 1. The van der Waals surface area contributed by atoms with E-state index in [1.54, 1.807) is 12.1 Å². The van der Waals surface area contributed by atoms with Crippen molar-refractivity contribution in [2.75, 3.05) is 0 Å². The minimum Gasteiger partial charge on any atom is -0.207 e. The van der Waals surface area contributed by atoms with Crippen molar-refractivity contribution in [2.24, 2.45) is 5.92 Å². The Morgan fingerprint density at radius 1 is 1.44 bits per heavy atom. The summed E-state index contributed by atoms with van der Waals surface area (Å²) in [6.07, 6.45) is 5.62. The van der Waals surface area contributed by atoms with Crippen LogP contribution in [-0.4, -0.2) is 4.83 Å². The minimum absolute atomic E-state index is 0.137. The Morgan fingerprint density at radius 2 is 2.19 bits per heavy atom. The smallest absolute Gasteiger partial charge is 0.126 e. The van der Waals surface area contributed by atoms with E-state index in [4.69, 9.17) is 11.6 Å². The van der Waals surface area contributed by atoms with Gasteiger partial charge < -0.3 is 0 Å². The lowest BCUT2D eigenvalue weighted by molar-refractivity contribution is 0.592. The van der Waals surface area contributed by atoms with Gasteiger partial charge in [-0.1, -0.05) is 27.5 Å². The van der Waals surface area contributed by atoms with Crippen molar-refractivity contribution in [3.63, 3.8) is 0 Å². The first-order valence-corrected chi connectivity index (χ1v) is 7.04. The number of alkyl halides is 1. The quantitative estimate of drug-likeness (QED) is 0.673. The van der Waals surface area contributed by atoms with Crippen molar-refractivity contribution in [3.8, 4) is 0 Å². The number of hydrogen-bond acceptors (Lipinski definition) is 0. The highest BCUT2D eigenvalue weighted by Crippen LogP contribution is 2.38. The van der Waals surface area contributed by atoms with Crippen LogP contribution in [0.3, 0.4) is 0 Å². The molecule has 1 saturated carbocycles. The van der Waals surface area contributed by atoms with Crippen LogP contribution in [0.5, 0.6) is 0 Å². The van der Waals surface area contributed by atoms with Crippen molar-refractivity contribution in [1.82, 2.24) is 0 Å². The fourth-order valence-electron chi connectivity index (χ4n) is 1.92. The summed E-state index contributed by atoms with van der Waals surface area (Å²) in [5.41, 5.74) is 0.739. The lowest BCUT2D eigenvalue weighted by atomic mass is 10.1. The summed E-state index contributed by atoms with van der Waals surface area (Å²) in [5.74, 6) is 0.728. The van der Waals surface area contributed by atoms with Crippen molar-refractivity contribution in [1.29, 1.82) is 0 Å². The average Bonchev–Trinajstić information content (AvgIpc) is 3.06. The van der Waals surface area contributed by atoms with Crippen LogP contribution in [0.15, 0.2) is 18.2 Å². The van der Waals surface area contributed by atoms with Crippen molar-refractivity contribution in [2.45, 2.75) is 36.9 Å². The molecule has 1 atom stereocenters. The Balaban J connectivity index is 1.81. The standard InChI is InChI=1S/C13H15BrClF/c14-12(9-4-5-9)3-1-2-10-8-11(15)6-7-13(10)16/h6-9,12H,1-5H2. The van der Waals surface area contributed by atoms with Gasteiger partial charge >= 0.3 is 0 Å². The Hall–Kier alpha value is -0.0800. The third kappa shape index (κ3) is 3.46. The highest BCUT2D eigenvalue weighted by atomic mass is 79.9. The van der Waals surface area contributed by atoms with Gasteiger partial charge in [-0.05, 0) is 61.8 Å². The molecule has 3 heteroatoms. The molecule has 0 nitrogen and oxygen atoms in total. The zero-order valence-electron chi connectivity index (χ0n) is 9.06. The first-order valence-electron chi connectivity index (χ1n) is 5.75. The van der Waals surface area contributed by atoms with Crippen LogP contribution in [0.2, 0.25) is 5.02 Å². The molecule has 0 heterocycles. The third-order valence-electron chi connectivity index (χ3n) is 3.07. The number of aryl methyl sites for hydroxylation is 1. The molecule has 1 aromatic carbocycles. The van der Waals surface area contributed by atoms with Crippen LogP contribution < -0.4 is 0 Å². The Bertz CT molecular complexity index is 363. The van der Waals surface area contributed by atoms with Crippen molar-refractivity contribution >= 4 is 27.5 Å². The molecule has 16 heavy (non-hydrogen) atoms. The van der Waals surface area contributed by atoms with Gasteiger partial charge in [0.2, 0.25) is 0 Å². The van der Waals surface area contributed by atoms with E-state index in [-0.39, 0.29) is 5.82 Å². The molecule has 0 aromatic heterocycles. The number of rotatable bonds is 5. The summed E-state index contributed by atoms with van der Waals surface area (Å²) in [4.78, 5) is 0.620. The molecule has 0 radical (unpaired) electrons. The van der Waals surface area contributed by atoms with Crippen molar-refractivity contribution < 1.29 is 4.39 Å².